The number of anilines is 2. The van der Waals surface area contributed by atoms with Gasteiger partial charge in [0.15, 0.2) is 0 Å². The second-order valence-corrected chi connectivity index (χ2v) is 8.68. The molecular formula is C20H17ClN4O6S. The maximum Gasteiger partial charge on any atom is 0.295 e. The van der Waals surface area contributed by atoms with E-state index in [4.69, 9.17) is 11.6 Å². The van der Waals surface area contributed by atoms with Crippen LogP contribution in [0.25, 0.3) is 0 Å². The Kier molecular flexibility index (Phi) is 6.51. The number of aromatic hydroxyl groups is 2. The first-order valence-corrected chi connectivity index (χ1v) is 10.8. The van der Waals surface area contributed by atoms with E-state index < -0.39 is 20.6 Å². The first-order valence-electron chi connectivity index (χ1n) is 8.96. The third-order valence-electron chi connectivity index (χ3n) is 4.27. The van der Waals surface area contributed by atoms with Gasteiger partial charge in [-0.05, 0) is 49.4 Å². The molecular weight excluding hydrogens is 460 g/mol. The van der Waals surface area contributed by atoms with Gasteiger partial charge in [-0.25, -0.2) is 8.42 Å². The van der Waals surface area contributed by atoms with Gasteiger partial charge < -0.3 is 10.2 Å². The summed E-state index contributed by atoms with van der Waals surface area (Å²) >= 11 is 5.86. The van der Waals surface area contributed by atoms with Crippen LogP contribution in [0.5, 0.6) is 11.5 Å². The number of hydrazone groups is 1. The van der Waals surface area contributed by atoms with E-state index in [0.29, 0.717) is 10.6 Å². The molecule has 0 atom stereocenters. The van der Waals surface area contributed by atoms with E-state index in [1.165, 1.54) is 36.4 Å². The third kappa shape index (κ3) is 5.25. The minimum Gasteiger partial charge on any atom is -0.508 e. The van der Waals surface area contributed by atoms with Crippen LogP contribution in [0.15, 0.2) is 70.7 Å². The highest BCUT2D eigenvalue weighted by molar-refractivity contribution is 7.92. The first-order chi connectivity index (χ1) is 15.1. The van der Waals surface area contributed by atoms with Crippen LogP contribution >= 0.6 is 11.6 Å². The molecule has 0 radical (unpaired) electrons. The van der Waals surface area contributed by atoms with Gasteiger partial charge in [0.1, 0.15) is 17.2 Å². The van der Waals surface area contributed by atoms with Gasteiger partial charge in [-0.3, -0.25) is 20.3 Å². The number of sulfonamides is 1. The zero-order chi connectivity index (χ0) is 23.5. The lowest BCUT2D eigenvalue weighted by molar-refractivity contribution is -0.384. The normalized spacial score (nSPS) is 11.8. The summed E-state index contributed by atoms with van der Waals surface area (Å²) < 4.78 is 27.6. The third-order valence-corrected chi connectivity index (χ3v) is 5.88. The van der Waals surface area contributed by atoms with E-state index in [9.17, 15) is 28.7 Å². The topological polar surface area (TPSA) is 154 Å². The van der Waals surface area contributed by atoms with E-state index >= 15 is 0 Å². The minimum atomic E-state index is -4.12. The van der Waals surface area contributed by atoms with Crippen molar-refractivity contribution in [2.24, 2.45) is 5.10 Å². The lowest BCUT2D eigenvalue weighted by Crippen LogP contribution is -2.13. The average Bonchev–Trinajstić information content (AvgIpc) is 2.71. The zero-order valence-electron chi connectivity index (χ0n) is 16.5. The average molecular weight is 477 g/mol. The van der Waals surface area contributed by atoms with Gasteiger partial charge in [-0.1, -0.05) is 17.7 Å². The minimum absolute atomic E-state index is 0.0608. The number of benzene rings is 3. The van der Waals surface area contributed by atoms with Gasteiger partial charge >= 0.3 is 0 Å². The van der Waals surface area contributed by atoms with Crippen LogP contribution in [0.1, 0.15) is 12.5 Å². The molecule has 0 spiro atoms. The van der Waals surface area contributed by atoms with Crippen LogP contribution in [0.2, 0.25) is 5.02 Å². The van der Waals surface area contributed by atoms with E-state index in [1.807, 2.05) is 0 Å². The van der Waals surface area contributed by atoms with Crippen molar-refractivity contribution in [2.45, 2.75) is 11.8 Å². The van der Waals surface area contributed by atoms with Crippen molar-refractivity contribution in [1.29, 1.82) is 0 Å². The maximum atomic E-state index is 12.6. The summed E-state index contributed by atoms with van der Waals surface area (Å²) in [6.07, 6.45) is 0. The zero-order valence-corrected chi connectivity index (χ0v) is 18.1. The molecule has 0 amide bonds. The molecule has 0 bridgehead atoms. The number of nitro benzene ring substituents is 1. The molecule has 0 saturated heterocycles. The van der Waals surface area contributed by atoms with Crippen molar-refractivity contribution in [3.63, 3.8) is 0 Å². The summed E-state index contributed by atoms with van der Waals surface area (Å²) in [6, 6.07) is 13.2. The molecule has 0 aromatic heterocycles. The molecule has 3 aromatic carbocycles. The van der Waals surface area contributed by atoms with Crippen LogP contribution in [0.3, 0.4) is 0 Å². The van der Waals surface area contributed by atoms with Gasteiger partial charge in [-0.2, -0.15) is 5.10 Å². The van der Waals surface area contributed by atoms with Crippen molar-refractivity contribution in [1.82, 2.24) is 0 Å². The van der Waals surface area contributed by atoms with E-state index in [-0.39, 0.29) is 33.5 Å². The van der Waals surface area contributed by atoms with Crippen molar-refractivity contribution >= 4 is 44.4 Å². The molecule has 10 nitrogen and oxygen atoms in total. The van der Waals surface area contributed by atoms with Crippen LogP contribution < -0.4 is 10.1 Å². The summed E-state index contributed by atoms with van der Waals surface area (Å²) in [7, 11) is -4.12. The molecule has 3 rings (SSSR count). The van der Waals surface area contributed by atoms with Crippen LogP contribution in [-0.4, -0.2) is 29.3 Å². The van der Waals surface area contributed by atoms with Gasteiger partial charge in [0, 0.05) is 22.7 Å². The molecule has 0 saturated carbocycles. The Labute approximate surface area is 188 Å². The SMILES string of the molecule is CC(=NNc1ccc(S(=O)(=O)Nc2cccc(Cl)c2)cc1[N+](=O)[O-])c1ccc(O)cc1O. The summed E-state index contributed by atoms with van der Waals surface area (Å²) in [5.74, 6) is -0.359. The van der Waals surface area contributed by atoms with Gasteiger partial charge in [-0.15, -0.1) is 0 Å². The fraction of sp³-hybridized carbons (Fsp3) is 0.0500. The molecule has 4 N–H and O–H groups in total. The lowest BCUT2D eigenvalue weighted by Gasteiger charge is -2.10. The Hall–Kier alpha value is -3.83. The molecule has 32 heavy (non-hydrogen) atoms. The van der Waals surface area contributed by atoms with Crippen molar-refractivity contribution < 1.29 is 23.6 Å². The van der Waals surface area contributed by atoms with Crippen molar-refractivity contribution in [3.8, 4) is 11.5 Å². The number of nitrogens with zero attached hydrogens (tertiary/aromatic N) is 2. The number of halogens is 1. The Morgan fingerprint density at radius 3 is 2.50 bits per heavy atom. The van der Waals surface area contributed by atoms with Gasteiger partial charge in [0.05, 0.1) is 21.2 Å². The number of nitro groups is 1. The highest BCUT2D eigenvalue weighted by atomic mass is 35.5. The van der Waals surface area contributed by atoms with E-state index in [1.54, 1.807) is 19.1 Å². The number of phenolic OH excluding ortho intramolecular Hbond substituents is 2. The molecule has 0 aliphatic carbocycles. The monoisotopic (exact) mass is 476 g/mol. The largest absolute Gasteiger partial charge is 0.508 e. The lowest BCUT2D eigenvalue weighted by atomic mass is 10.1. The molecule has 0 heterocycles. The number of rotatable bonds is 7. The van der Waals surface area contributed by atoms with Gasteiger partial charge in [0.2, 0.25) is 0 Å². The van der Waals surface area contributed by atoms with Crippen molar-refractivity contribution in [3.05, 3.63) is 81.4 Å². The molecule has 0 aliphatic rings. The van der Waals surface area contributed by atoms with Crippen molar-refractivity contribution in [2.75, 3.05) is 10.1 Å². The van der Waals surface area contributed by atoms with E-state index in [2.05, 4.69) is 15.2 Å². The van der Waals surface area contributed by atoms with Crippen LogP contribution in [0.4, 0.5) is 17.1 Å². The fourth-order valence-corrected chi connectivity index (χ4v) is 3.98. The highest BCUT2D eigenvalue weighted by Crippen LogP contribution is 2.29. The smallest absolute Gasteiger partial charge is 0.295 e. The second kappa shape index (κ2) is 9.12. The predicted octanol–water partition coefficient (Wildman–Crippen LogP) is 4.30. The fourth-order valence-electron chi connectivity index (χ4n) is 2.72. The second-order valence-electron chi connectivity index (χ2n) is 6.56. The Morgan fingerprint density at radius 1 is 1.09 bits per heavy atom. The number of phenols is 2. The van der Waals surface area contributed by atoms with Gasteiger partial charge in [0.25, 0.3) is 15.7 Å². The standard InChI is InChI=1S/C20H17ClN4O6S/c1-12(17-7-5-15(26)10-20(17)27)22-23-18-8-6-16(11-19(18)25(28)29)32(30,31)24-14-4-2-3-13(21)9-14/h2-11,23-24,26-27H,1H3. The number of hydrogen-bond donors (Lipinski definition) is 4. The molecule has 166 valence electrons. The first kappa shape index (κ1) is 22.8. The molecule has 3 aromatic rings. The van der Waals surface area contributed by atoms with E-state index in [0.717, 1.165) is 12.1 Å². The molecule has 0 unspecified atom stereocenters. The summed E-state index contributed by atoms with van der Waals surface area (Å²) in [5, 5.41) is 35.1. The Morgan fingerprint density at radius 2 is 1.84 bits per heavy atom. The molecule has 0 fully saturated rings. The highest BCUT2D eigenvalue weighted by Gasteiger charge is 2.22. The number of hydrogen-bond acceptors (Lipinski definition) is 8. The Bertz CT molecular complexity index is 1330. The predicted molar refractivity (Wildman–Crippen MR) is 121 cm³/mol. The molecule has 12 heteroatoms. The van der Waals surface area contributed by atoms with Crippen LogP contribution in [0, 0.1) is 10.1 Å². The maximum absolute atomic E-state index is 12.6. The summed E-state index contributed by atoms with van der Waals surface area (Å²) in [5.41, 5.74) is 2.70. The molecule has 0 aliphatic heterocycles. The summed E-state index contributed by atoms with van der Waals surface area (Å²) in [6.45, 7) is 1.54. The quantitative estimate of drug-likeness (QED) is 0.225. The van der Waals surface area contributed by atoms with Crippen LogP contribution in [-0.2, 0) is 10.0 Å². The number of nitrogens with one attached hydrogen (secondary N) is 2. The summed E-state index contributed by atoms with van der Waals surface area (Å²) in [4.78, 5) is 10.5. The Balaban J connectivity index is 1.90.